The number of rotatable bonds is 0. The van der Waals surface area contributed by atoms with E-state index >= 15 is 0 Å². The Balaban J connectivity index is 0.000000810. The van der Waals surface area contributed by atoms with Gasteiger partial charge < -0.3 is 15.3 Å². The Kier molecular flexibility index (Phi) is 3.55. The highest BCUT2D eigenvalue weighted by Gasteiger charge is 2.35. The molecule has 0 aliphatic carbocycles. The van der Waals surface area contributed by atoms with Gasteiger partial charge in [-0.1, -0.05) is 0 Å². The minimum absolute atomic E-state index is 0. The van der Waals surface area contributed by atoms with Gasteiger partial charge in [0, 0.05) is 6.54 Å². The Morgan fingerprint density at radius 1 is 1.30 bits per heavy atom. The van der Waals surface area contributed by atoms with Crippen LogP contribution >= 0.6 is 12.4 Å². The zero-order valence-electron chi connectivity index (χ0n) is 5.64. The first-order chi connectivity index (χ1) is 4.13. The van der Waals surface area contributed by atoms with Crippen LogP contribution in [0.1, 0.15) is 0 Å². The Labute approximate surface area is 65.5 Å². The molecule has 0 unspecified atom stereocenters. The lowest BCUT2D eigenvalue weighted by Gasteiger charge is -2.13. The molecule has 0 saturated carbocycles. The summed E-state index contributed by atoms with van der Waals surface area (Å²) in [5.41, 5.74) is 0. The molecule has 1 aliphatic rings. The van der Waals surface area contributed by atoms with Crippen LogP contribution < -0.4 is 0 Å². The van der Waals surface area contributed by atoms with Crippen molar-refractivity contribution in [2.45, 2.75) is 18.4 Å². The molecule has 1 rings (SSSR count). The van der Waals surface area contributed by atoms with E-state index in [1.54, 1.807) is 7.05 Å². The summed E-state index contributed by atoms with van der Waals surface area (Å²) in [6.07, 6.45) is -2.71. The molecule has 0 aromatic rings. The summed E-state index contributed by atoms with van der Waals surface area (Å²) < 4.78 is 0. The van der Waals surface area contributed by atoms with Crippen LogP contribution in [0.4, 0.5) is 0 Å². The minimum Gasteiger partial charge on any atom is -0.389 e. The van der Waals surface area contributed by atoms with Gasteiger partial charge >= 0.3 is 0 Å². The molecular formula is C5H12ClNO3. The van der Waals surface area contributed by atoms with Crippen LogP contribution in [0.2, 0.25) is 0 Å². The number of hydrogen-bond donors (Lipinski definition) is 3. The van der Waals surface area contributed by atoms with Crippen molar-refractivity contribution in [2.75, 3.05) is 13.6 Å². The standard InChI is InChI=1S/C5H11NO3.ClH/c1-6-2-3(7)4(8)5(6)9;/h3-5,7-9H,2H2,1H3;1H/t3-,4-,5-;/m1./s1. The minimum atomic E-state index is -1.00. The summed E-state index contributed by atoms with van der Waals surface area (Å²) in [6.45, 7) is 0.336. The third-order valence-corrected chi connectivity index (χ3v) is 1.63. The van der Waals surface area contributed by atoms with Gasteiger partial charge in [-0.3, -0.25) is 4.90 Å². The molecule has 3 atom stereocenters. The molecule has 1 heterocycles. The summed E-state index contributed by atoms with van der Waals surface area (Å²) in [5.74, 6) is 0. The zero-order chi connectivity index (χ0) is 7.02. The largest absolute Gasteiger partial charge is 0.389 e. The van der Waals surface area contributed by atoms with E-state index in [0.717, 1.165) is 0 Å². The van der Waals surface area contributed by atoms with Crippen LogP contribution in [0.25, 0.3) is 0 Å². The van der Waals surface area contributed by atoms with Gasteiger partial charge in [0.25, 0.3) is 0 Å². The predicted octanol–water partition coefficient (Wildman–Crippen LogP) is -1.61. The van der Waals surface area contributed by atoms with Crippen molar-refractivity contribution in [3.8, 4) is 0 Å². The van der Waals surface area contributed by atoms with E-state index in [1.165, 1.54) is 4.90 Å². The number of likely N-dealkylation sites (tertiary alicyclic amines) is 1. The number of nitrogens with zero attached hydrogens (tertiary/aromatic N) is 1. The van der Waals surface area contributed by atoms with Crippen molar-refractivity contribution < 1.29 is 15.3 Å². The summed E-state index contributed by atoms with van der Waals surface area (Å²) in [5, 5.41) is 26.7. The second kappa shape index (κ2) is 3.50. The molecule has 1 aliphatic heterocycles. The highest BCUT2D eigenvalue weighted by molar-refractivity contribution is 5.85. The van der Waals surface area contributed by atoms with Crippen LogP contribution in [-0.2, 0) is 0 Å². The van der Waals surface area contributed by atoms with Crippen molar-refractivity contribution in [2.24, 2.45) is 0 Å². The van der Waals surface area contributed by atoms with Gasteiger partial charge in [0.2, 0.25) is 0 Å². The van der Waals surface area contributed by atoms with Crippen LogP contribution in [-0.4, -0.2) is 52.2 Å². The molecule has 10 heavy (non-hydrogen) atoms. The molecule has 1 saturated heterocycles. The van der Waals surface area contributed by atoms with Crippen LogP contribution in [0, 0.1) is 0 Å². The van der Waals surface area contributed by atoms with Crippen molar-refractivity contribution in [3.05, 3.63) is 0 Å². The molecule has 0 aromatic heterocycles. The van der Waals surface area contributed by atoms with E-state index in [-0.39, 0.29) is 12.4 Å². The van der Waals surface area contributed by atoms with Gasteiger partial charge in [0.05, 0.1) is 6.10 Å². The summed E-state index contributed by atoms with van der Waals surface area (Å²) in [4.78, 5) is 1.50. The van der Waals surface area contributed by atoms with E-state index in [1.807, 2.05) is 0 Å². The van der Waals surface area contributed by atoms with Gasteiger partial charge in [0.15, 0.2) is 0 Å². The van der Waals surface area contributed by atoms with Crippen molar-refractivity contribution in [3.63, 3.8) is 0 Å². The Bertz CT molecular complexity index is 101. The number of aliphatic hydroxyl groups excluding tert-OH is 3. The van der Waals surface area contributed by atoms with E-state index in [4.69, 9.17) is 15.3 Å². The average Bonchev–Trinajstić information content (AvgIpc) is 1.98. The van der Waals surface area contributed by atoms with Crippen molar-refractivity contribution in [1.82, 2.24) is 4.90 Å². The number of β-amino-alcohol motifs (C(OH)–C–C–N with tert-alkyl or cyclic N) is 1. The predicted molar refractivity (Wildman–Crippen MR) is 37.9 cm³/mol. The second-order valence-electron chi connectivity index (χ2n) is 2.41. The van der Waals surface area contributed by atoms with Crippen LogP contribution in [0.5, 0.6) is 0 Å². The number of aliphatic hydroxyl groups is 3. The summed E-state index contributed by atoms with van der Waals surface area (Å²) in [7, 11) is 1.64. The zero-order valence-corrected chi connectivity index (χ0v) is 6.45. The molecule has 62 valence electrons. The topological polar surface area (TPSA) is 63.9 Å². The third kappa shape index (κ3) is 1.59. The van der Waals surface area contributed by atoms with E-state index in [0.29, 0.717) is 6.54 Å². The molecule has 1 fully saturated rings. The molecule has 0 spiro atoms. The second-order valence-corrected chi connectivity index (χ2v) is 2.41. The fraction of sp³-hybridized carbons (Fsp3) is 1.00. The first-order valence-corrected chi connectivity index (χ1v) is 2.87. The first-order valence-electron chi connectivity index (χ1n) is 2.87. The maximum absolute atomic E-state index is 8.95. The molecule has 0 radical (unpaired) electrons. The van der Waals surface area contributed by atoms with E-state index in [9.17, 15) is 0 Å². The lowest BCUT2D eigenvalue weighted by atomic mass is 10.2. The molecule has 4 nitrogen and oxygen atoms in total. The number of halogens is 1. The average molecular weight is 170 g/mol. The van der Waals surface area contributed by atoms with E-state index < -0.39 is 18.4 Å². The van der Waals surface area contributed by atoms with Crippen LogP contribution in [0.15, 0.2) is 0 Å². The summed E-state index contributed by atoms with van der Waals surface area (Å²) in [6, 6.07) is 0. The Morgan fingerprint density at radius 2 is 1.80 bits per heavy atom. The van der Waals surface area contributed by atoms with Gasteiger partial charge in [-0.25, -0.2) is 0 Å². The molecule has 5 heteroatoms. The first kappa shape index (κ1) is 10.1. The maximum atomic E-state index is 8.95. The summed E-state index contributed by atoms with van der Waals surface area (Å²) >= 11 is 0. The maximum Gasteiger partial charge on any atom is 0.136 e. The van der Waals surface area contributed by atoms with Gasteiger partial charge in [-0.05, 0) is 7.05 Å². The number of hydrogen-bond acceptors (Lipinski definition) is 4. The monoisotopic (exact) mass is 169 g/mol. The molecule has 0 amide bonds. The smallest absolute Gasteiger partial charge is 0.136 e. The van der Waals surface area contributed by atoms with Crippen molar-refractivity contribution in [1.29, 1.82) is 0 Å². The molecular weight excluding hydrogens is 158 g/mol. The molecule has 3 N–H and O–H groups in total. The highest BCUT2D eigenvalue weighted by Crippen LogP contribution is 2.13. The molecule has 0 bridgehead atoms. The fourth-order valence-corrected chi connectivity index (χ4v) is 0.970. The fourth-order valence-electron chi connectivity index (χ4n) is 0.970. The SMILES string of the molecule is CN1C[C@@H](O)[C@@H](O)[C@H]1O.Cl. The highest BCUT2D eigenvalue weighted by atomic mass is 35.5. The van der Waals surface area contributed by atoms with Gasteiger partial charge in [-0.15, -0.1) is 12.4 Å². The van der Waals surface area contributed by atoms with Crippen molar-refractivity contribution >= 4 is 12.4 Å². The van der Waals surface area contributed by atoms with Gasteiger partial charge in [-0.2, -0.15) is 0 Å². The third-order valence-electron chi connectivity index (χ3n) is 1.63. The Hall–Kier alpha value is 0.130. The van der Waals surface area contributed by atoms with E-state index in [2.05, 4.69) is 0 Å². The lowest BCUT2D eigenvalue weighted by molar-refractivity contribution is -0.0482. The van der Waals surface area contributed by atoms with Crippen LogP contribution in [0.3, 0.4) is 0 Å². The molecule has 0 aromatic carbocycles. The number of likely N-dealkylation sites (N-methyl/N-ethyl adjacent to an activating group) is 1. The Morgan fingerprint density at radius 3 is 1.90 bits per heavy atom. The quantitative estimate of drug-likeness (QED) is 0.409. The van der Waals surface area contributed by atoms with Gasteiger partial charge in [0.1, 0.15) is 12.3 Å². The lowest BCUT2D eigenvalue weighted by Crippen LogP contribution is -2.33. The normalized spacial score (nSPS) is 41.4.